The summed E-state index contributed by atoms with van der Waals surface area (Å²) in [6.07, 6.45) is 11.0. The van der Waals surface area contributed by atoms with Crippen molar-refractivity contribution in [1.82, 2.24) is 5.32 Å². The van der Waals surface area contributed by atoms with Crippen LogP contribution in [0, 0.1) is 0 Å². The molecule has 0 heterocycles. The summed E-state index contributed by atoms with van der Waals surface area (Å²) in [4.78, 5) is 33.6. The second kappa shape index (κ2) is 29.7. The molecular weight excluding hydrogens is 496 g/mol. The Morgan fingerprint density at radius 2 is 1.00 bits per heavy atom. The third-order valence-corrected chi connectivity index (χ3v) is 5.31. The van der Waals surface area contributed by atoms with E-state index in [0.717, 1.165) is 63.5 Å². The van der Waals surface area contributed by atoms with Crippen LogP contribution in [0.2, 0.25) is 0 Å². The molecule has 0 aliphatic carbocycles. The first-order valence-electron chi connectivity index (χ1n) is 13.9. The molecule has 0 aromatic heterocycles. The van der Waals surface area contributed by atoms with Crippen molar-refractivity contribution in [3.05, 3.63) is 12.2 Å². The van der Waals surface area contributed by atoms with Gasteiger partial charge in [-0.25, -0.2) is 4.79 Å². The van der Waals surface area contributed by atoms with Gasteiger partial charge in [0.05, 0.1) is 66.1 Å². The molecule has 0 rings (SSSR count). The lowest BCUT2D eigenvalue weighted by Gasteiger charge is -2.08. The van der Waals surface area contributed by atoms with Crippen LogP contribution in [-0.2, 0) is 38.1 Å². The van der Waals surface area contributed by atoms with Gasteiger partial charge in [-0.15, -0.1) is 0 Å². The van der Waals surface area contributed by atoms with Crippen molar-refractivity contribution in [3.63, 3.8) is 0 Å². The maximum absolute atomic E-state index is 11.9. The van der Waals surface area contributed by atoms with Crippen LogP contribution in [0.25, 0.3) is 0 Å². The van der Waals surface area contributed by atoms with Crippen molar-refractivity contribution >= 4 is 17.7 Å². The minimum absolute atomic E-state index is 0.0516. The molecule has 4 N–H and O–H groups in total. The Bertz CT molecular complexity index is 603. The number of carbonyl (C=O) groups is 3. The molecular formula is C27H50N2O9. The molecule has 0 bridgehead atoms. The number of hydrogen-bond acceptors (Lipinski definition) is 9. The van der Waals surface area contributed by atoms with Gasteiger partial charge in [0, 0.05) is 32.0 Å². The lowest BCUT2D eigenvalue weighted by Crippen LogP contribution is -2.27. The van der Waals surface area contributed by atoms with Gasteiger partial charge < -0.3 is 39.8 Å². The SMILES string of the molecule is NCCOCCOCCOCCOCCOCCNC(=O)CCCCCCCCCCC(=O)/C=C/C(=O)O. The summed E-state index contributed by atoms with van der Waals surface area (Å²) < 4.78 is 26.8. The normalized spacial score (nSPS) is 11.3. The van der Waals surface area contributed by atoms with E-state index in [-0.39, 0.29) is 11.7 Å². The van der Waals surface area contributed by atoms with E-state index >= 15 is 0 Å². The van der Waals surface area contributed by atoms with Crippen molar-refractivity contribution in [3.8, 4) is 0 Å². The highest BCUT2D eigenvalue weighted by molar-refractivity contribution is 5.95. The number of nitrogens with one attached hydrogen (secondary N) is 1. The standard InChI is InChI=1S/C27H50N2O9/c28-13-15-34-17-19-36-21-23-38-24-22-37-20-18-35-16-14-29-26(31)10-8-6-4-2-1-3-5-7-9-25(30)11-12-27(32)33/h11-12H,1-10,13-24,28H2,(H,29,31)(H,32,33)/b12-11+. The van der Waals surface area contributed by atoms with Crippen LogP contribution in [0.4, 0.5) is 0 Å². The van der Waals surface area contributed by atoms with Gasteiger partial charge >= 0.3 is 5.97 Å². The fraction of sp³-hybridized carbons (Fsp3) is 0.815. The molecule has 0 aliphatic heterocycles. The van der Waals surface area contributed by atoms with Crippen molar-refractivity contribution in [1.29, 1.82) is 0 Å². The molecule has 11 heteroatoms. The zero-order valence-electron chi connectivity index (χ0n) is 23.0. The zero-order chi connectivity index (χ0) is 27.9. The van der Waals surface area contributed by atoms with Crippen LogP contribution >= 0.6 is 0 Å². The zero-order valence-corrected chi connectivity index (χ0v) is 23.0. The van der Waals surface area contributed by atoms with Crippen molar-refractivity contribution in [2.24, 2.45) is 5.73 Å². The van der Waals surface area contributed by atoms with E-state index in [9.17, 15) is 14.4 Å². The van der Waals surface area contributed by atoms with E-state index in [1.807, 2.05) is 0 Å². The minimum Gasteiger partial charge on any atom is -0.478 e. The number of carboxylic acids is 1. The van der Waals surface area contributed by atoms with Gasteiger partial charge in [-0.1, -0.05) is 38.5 Å². The Morgan fingerprint density at radius 3 is 1.47 bits per heavy atom. The van der Waals surface area contributed by atoms with E-state index in [0.29, 0.717) is 92.0 Å². The molecule has 11 nitrogen and oxygen atoms in total. The van der Waals surface area contributed by atoms with Crippen LogP contribution in [0.15, 0.2) is 12.2 Å². The van der Waals surface area contributed by atoms with E-state index in [1.165, 1.54) is 0 Å². The molecule has 222 valence electrons. The Labute approximate surface area is 227 Å². The summed E-state index contributed by atoms with van der Waals surface area (Å²) in [5.74, 6) is -1.18. The van der Waals surface area contributed by atoms with Gasteiger partial charge in [-0.05, 0) is 18.9 Å². The number of carboxylic acid groups (broad SMARTS) is 1. The summed E-state index contributed by atoms with van der Waals surface area (Å²) in [6.45, 7) is 6.07. The Kier molecular flexibility index (Phi) is 28.2. The van der Waals surface area contributed by atoms with Crippen molar-refractivity contribution in [2.45, 2.75) is 64.2 Å². The van der Waals surface area contributed by atoms with Crippen molar-refractivity contribution in [2.75, 3.05) is 79.2 Å². The van der Waals surface area contributed by atoms with Gasteiger partial charge in [0.1, 0.15) is 0 Å². The molecule has 0 saturated carbocycles. The first-order chi connectivity index (χ1) is 18.6. The summed E-state index contributed by atoms with van der Waals surface area (Å²) in [6, 6.07) is 0. The number of nitrogens with two attached hydrogens (primary N) is 1. The molecule has 0 fully saturated rings. The first-order valence-corrected chi connectivity index (χ1v) is 13.9. The molecule has 0 saturated heterocycles. The maximum Gasteiger partial charge on any atom is 0.328 e. The molecule has 0 unspecified atom stereocenters. The van der Waals surface area contributed by atoms with Crippen LogP contribution in [0.3, 0.4) is 0 Å². The van der Waals surface area contributed by atoms with Crippen LogP contribution in [-0.4, -0.2) is 102 Å². The quantitative estimate of drug-likeness (QED) is 0.0902. The Hall–Kier alpha value is -1.89. The Morgan fingerprint density at radius 1 is 0.579 bits per heavy atom. The number of hydrogen-bond donors (Lipinski definition) is 3. The number of allylic oxidation sites excluding steroid dienone is 1. The summed E-state index contributed by atoms with van der Waals surface area (Å²) in [5.41, 5.74) is 5.32. The maximum atomic E-state index is 11.9. The lowest BCUT2D eigenvalue weighted by atomic mass is 10.1. The first kappa shape index (κ1) is 36.1. The van der Waals surface area contributed by atoms with Crippen LogP contribution in [0.5, 0.6) is 0 Å². The van der Waals surface area contributed by atoms with E-state index < -0.39 is 5.97 Å². The topological polar surface area (TPSA) is 156 Å². The number of rotatable bonds is 30. The van der Waals surface area contributed by atoms with Crippen LogP contribution in [0.1, 0.15) is 64.2 Å². The third kappa shape index (κ3) is 30.3. The monoisotopic (exact) mass is 546 g/mol. The van der Waals surface area contributed by atoms with Gasteiger partial charge in [0.25, 0.3) is 0 Å². The molecule has 0 atom stereocenters. The fourth-order valence-electron chi connectivity index (χ4n) is 3.31. The van der Waals surface area contributed by atoms with Crippen molar-refractivity contribution < 1.29 is 43.2 Å². The number of ketones is 1. The number of ether oxygens (including phenoxy) is 5. The average Bonchev–Trinajstić information content (AvgIpc) is 2.90. The predicted molar refractivity (Wildman–Crippen MR) is 144 cm³/mol. The smallest absolute Gasteiger partial charge is 0.328 e. The summed E-state index contributed by atoms with van der Waals surface area (Å²) >= 11 is 0. The largest absolute Gasteiger partial charge is 0.478 e. The van der Waals surface area contributed by atoms with E-state index in [2.05, 4.69) is 5.32 Å². The predicted octanol–water partition coefficient (Wildman–Crippen LogP) is 2.26. The molecule has 0 aromatic carbocycles. The number of carbonyl (C=O) groups excluding carboxylic acids is 2. The minimum atomic E-state index is -1.10. The van der Waals surface area contributed by atoms with Gasteiger partial charge in [-0.3, -0.25) is 9.59 Å². The summed E-state index contributed by atoms with van der Waals surface area (Å²) in [5, 5.41) is 11.3. The molecule has 0 aliphatic rings. The number of amides is 1. The molecule has 0 spiro atoms. The van der Waals surface area contributed by atoms with E-state index in [4.69, 9.17) is 34.5 Å². The average molecular weight is 547 g/mol. The highest BCUT2D eigenvalue weighted by atomic mass is 16.6. The van der Waals surface area contributed by atoms with Crippen LogP contribution < -0.4 is 11.1 Å². The van der Waals surface area contributed by atoms with E-state index in [1.54, 1.807) is 0 Å². The van der Waals surface area contributed by atoms with Gasteiger partial charge in [0.15, 0.2) is 5.78 Å². The number of unbranched alkanes of at least 4 members (excludes halogenated alkanes) is 7. The second-order valence-electron chi connectivity index (χ2n) is 8.67. The summed E-state index contributed by atoms with van der Waals surface area (Å²) in [7, 11) is 0. The number of aliphatic carboxylic acids is 1. The highest BCUT2D eigenvalue weighted by Crippen LogP contribution is 2.11. The molecule has 38 heavy (non-hydrogen) atoms. The van der Waals surface area contributed by atoms with Gasteiger partial charge in [-0.2, -0.15) is 0 Å². The highest BCUT2D eigenvalue weighted by Gasteiger charge is 2.02. The lowest BCUT2D eigenvalue weighted by molar-refractivity contribution is -0.131. The second-order valence-corrected chi connectivity index (χ2v) is 8.67. The Balaban J connectivity index is 3.23. The fourth-order valence-corrected chi connectivity index (χ4v) is 3.31. The third-order valence-electron chi connectivity index (χ3n) is 5.31. The van der Waals surface area contributed by atoms with Gasteiger partial charge in [0.2, 0.25) is 5.91 Å². The molecule has 0 aromatic rings. The molecule has 1 amide bonds. The molecule has 0 radical (unpaired) electrons.